The molecule has 114 valence electrons. The van der Waals surface area contributed by atoms with Gasteiger partial charge in [-0.25, -0.2) is 4.79 Å². The first-order chi connectivity index (χ1) is 9.69. The molecule has 0 radical (unpaired) electrons. The summed E-state index contributed by atoms with van der Waals surface area (Å²) < 4.78 is 0. The van der Waals surface area contributed by atoms with E-state index < -0.39 is 5.97 Å². The minimum absolute atomic E-state index is 0.0749. The molecule has 2 N–H and O–H groups in total. The van der Waals surface area contributed by atoms with E-state index in [1.54, 1.807) is 0 Å². The SMILES string of the molecule is CC1(C)CC(=C(Cc2ccccc2)C(=O)O)CC(C)(C)N1. The minimum Gasteiger partial charge on any atom is -0.478 e. The number of carboxylic acids is 1. The summed E-state index contributed by atoms with van der Waals surface area (Å²) in [6, 6.07) is 9.83. The number of carbonyl (C=O) groups is 1. The highest BCUT2D eigenvalue weighted by Crippen LogP contribution is 2.35. The van der Waals surface area contributed by atoms with Gasteiger partial charge in [-0.1, -0.05) is 35.9 Å². The van der Waals surface area contributed by atoms with E-state index in [-0.39, 0.29) is 11.1 Å². The fourth-order valence-electron chi connectivity index (χ4n) is 3.50. The molecule has 1 aliphatic rings. The molecule has 0 amide bonds. The summed E-state index contributed by atoms with van der Waals surface area (Å²) >= 11 is 0. The van der Waals surface area contributed by atoms with E-state index >= 15 is 0 Å². The molecule has 1 fully saturated rings. The number of rotatable bonds is 3. The highest BCUT2D eigenvalue weighted by Gasteiger charge is 2.36. The molecule has 0 aliphatic carbocycles. The van der Waals surface area contributed by atoms with Gasteiger partial charge in [0, 0.05) is 23.1 Å². The molecule has 3 heteroatoms. The van der Waals surface area contributed by atoms with Crippen LogP contribution in [0, 0.1) is 0 Å². The van der Waals surface area contributed by atoms with Gasteiger partial charge in [0.25, 0.3) is 0 Å². The van der Waals surface area contributed by atoms with E-state index in [0.29, 0.717) is 12.0 Å². The van der Waals surface area contributed by atoms with Crippen LogP contribution in [0.4, 0.5) is 0 Å². The summed E-state index contributed by atoms with van der Waals surface area (Å²) in [6.45, 7) is 8.54. The molecular formula is C18H25NO2. The molecule has 1 saturated heterocycles. The first-order valence-corrected chi connectivity index (χ1v) is 7.46. The van der Waals surface area contributed by atoms with Crippen LogP contribution < -0.4 is 5.32 Å². The molecule has 2 rings (SSSR count). The Hall–Kier alpha value is -1.61. The van der Waals surface area contributed by atoms with Crippen molar-refractivity contribution in [1.82, 2.24) is 5.32 Å². The van der Waals surface area contributed by atoms with Crippen molar-refractivity contribution in [3.8, 4) is 0 Å². The van der Waals surface area contributed by atoms with Gasteiger partial charge in [0.15, 0.2) is 0 Å². The van der Waals surface area contributed by atoms with Crippen LogP contribution in [-0.4, -0.2) is 22.2 Å². The third kappa shape index (κ3) is 4.18. The van der Waals surface area contributed by atoms with Crippen LogP contribution in [-0.2, 0) is 11.2 Å². The molecule has 0 atom stereocenters. The molecular weight excluding hydrogens is 262 g/mol. The molecule has 1 aliphatic heterocycles. The van der Waals surface area contributed by atoms with Crippen molar-refractivity contribution in [1.29, 1.82) is 0 Å². The van der Waals surface area contributed by atoms with E-state index in [1.165, 1.54) is 0 Å². The Bertz CT molecular complexity index is 538. The van der Waals surface area contributed by atoms with E-state index in [2.05, 4.69) is 33.0 Å². The Morgan fingerprint density at radius 2 is 1.62 bits per heavy atom. The van der Waals surface area contributed by atoms with Crippen molar-refractivity contribution < 1.29 is 9.90 Å². The number of aliphatic carboxylic acids is 1. The Morgan fingerprint density at radius 1 is 1.10 bits per heavy atom. The minimum atomic E-state index is -0.789. The number of nitrogens with one attached hydrogen (secondary N) is 1. The summed E-state index contributed by atoms with van der Waals surface area (Å²) in [4.78, 5) is 11.7. The van der Waals surface area contributed by atoms with E-state index in [9.17, 15) is 9.90 Å². The van der Waals surface area contributed by atoms with Gasteiger partial charge in [-0.05, 0) is 46.1 Å². The maximum absolute atomic E-state index is 11.7. The normalized spacial score (nSPS) is 20.1. The zero-order valence-electron chi connectivity index (χ0n) is 13.4. The molecule has 0 bridgehead atoms. The van der Waals surface area contributed by atoms with Crippen molar-refractivity contribution in [3.63, 3.8) is 0 Å². The van der Waals surface area contributed by atoms with Crippen LogP contribution in [0.25, 0.3) is 0 Å². The Balaban J connectivity index is 2.37. The number of hydrogen-bond donors (Lipinski definition) is 2. The average Bonchev–Trinajstić information content (AvgIpc) is 2.33. The molecule has 3 nitrogen and oxygen atoms in total. The smallest absolute Gasteiger partial charge is 0.331 e. The summed E-state index contributed by atoms with van der Waals surface area (Å²) in [7, 11) is 0. The highest BCUT2D eigenvalue weighted by atomic mass is 16.4. The molecule has 1 heterocycles. The van der Waals surface area contributed by atoms with Gasteiger partial charge in [0.1, 0.15) is 0 Å². The van der Waals surface area contributed by atoms with Crippen LogP contribution in [0.3, 0.4) is 0 Å². The molecule has 0 spiro atoms. The zero-order valence-corrected chi connectivity index (χ0v) is 13.4. The maximum atomic E-state index is 11.7. The quantitative estimate of drug-likeness (QED) is 0.836. The average molecular weight is 287 g/mol. The van der Waals surface area contributed by atoms with Crippen LogP contribution in [0.1, 0.15) is 46.1 Å². The van der Waals surface area contributed by atoms with Gasteiger partial charge in [0.05, 0.1) is 0 Å². The van der Waals surface area contributed by atoms with Gasteiger partial charge < -0.3 is 10.4 Å². The Morgan fingerprint density at radius 3 is 2.10 bits per heavy atom. The lowest BCUT2D eigenvalue weighted by molar-refractivity contribution is -0.132. The second kappa shape index (κ2) is 5.64. The third-order valence-corrected chi connectivity index (χ3v) is 3.90. The van der Waals surface area contributed by atoms with Crippen molar-refractivity contribution in [2.45, 2.75) is 58.0 Å². The molecule has 1 aromatic rings. The molecule has 1 aromatic carbocycles. The summed E-state index contributed by atoms with van der Waals surface area (Å²) in [5.41, 5.74) is 2.53. The lowest BCUT2D eigenvalue weighted by Crippen LogP contribution is -2.56. The van der Waals surface area contributed by atoms with E-state index in [0.717, 1.165) is 24.0 Å². The predicted octanol–water partition coefficient (Wildman–Crippen LogP) is 3.55. The van der Waals surface area contributed by atoms with Crippen LogP contribution in [0.2, 0.25) is 0 Å². The first-order valence-electron chi connectivity index (χ1n) is 7.46. The van der Waals surface area contributed by atoms with Crippen LogP contribution in [0.5, 0.6) is 0 Å². The first kappa shape index (κ1) is 15.8. The standard InChI is InChI=1S/C18H25NO2/c1-17(2)11-14(12-18(3,4)19-17)15(16(20)21)10-13-8-6-5-7-9-13/h5-9,19H,10-12H2,1-4H3,(H,20,21). The molecule has 0 unspecified atom stereocenters. The summed E-state index contributed by atoms with van der Waals surface area (Å²) in [5, 5.41) is 13.2. The summed E-state index contributed by atoms with van der Waals surface area (Å²) in [5.74, 6) is -0.789. The predicted molar refractivity (Wildman–Crippen MR) is 85.3 cm³/mol. The second-order valence-electron chi connectivity index (χ2n) is 7.30. The highest BCUT2D eigenvalue weighted by molar-refractivity contribution is 5.88. The Labute approximate surface area is 127 Å². The molecule has 0 aromatic heterocycles. The van der Waals surface area contributed by atoms with Crippen molar-refractivity contribution in [2.24, 2.45) is 0 Å². The lowest BCUT2D eigenvalue weighted by Gasteiger charge is -2.44. The van der Waals surface area contributed by atoms with E-state index in [4.69, 9.17) is 0 Å². The van der Waals surface area contributed by atoms with Gasteiger partial charge in [0.2, 0.25) is 0 Å². The van der Waals surface area contributed by atoms with Crippen molar-refractivity contribution in [3.05, 3.63) is 47.0 Å². The number of benzene rings is 1. The van der Waals surface area contributed by atoms with Gasteiger partial charge >= 0.3 is 5.97 Å². The zero-order chi connectivity index (χ0) is 15.7. The van der Waals surface area contributed by atoms with Crippen molar-refractivity contribution >= 4 is 5.97 Å². The number of hydrogen-bond acceptors (Lipinski definition) is 2. The summed E-state index contributed by atoms with van der Waals surface area (Å²) in [6.07, 6.45) is 2.06. The maximum Gasteiger partial charge on any atom is 0.331 e. The Kier molecular flexibility index (Phi) is 4.24. The third-order valence-electron chi connectivity index (χ3n) is 3.90. The fourth-order valence-corrected chi connectivity index (χ4v) is 3.50. The second-order valence-corrected chi connectivity index (χ2v) is 7.30. The van der Waals surface area contributed by atoms with Gasteiger partial charge in [-0.15, -0.1) is 0 Å². The molecule has 21 heavy (non-hydrogen) atoms. The van der Waals surface area contributed by atoms with E-state index in [1.807, 2.05) is 30.3 Å². The van der Waals surface area contributed by atoms with Crippen molar-refractivity contribution in [2.75, 3.05) is 0 Å². The monoisotopic (exact) mass is 287 g/mol. The topological polar surface area (TPSA) is 49.3 Å². The van der Waals surface area contributed by atoms with Gasteiger partial charge in [-0.3, -0.25) is 0 Å². The van der Waals surface area contributed by atoms with Crippen LogP contribution in [0.15, 0.2) is 41.5 Å². The molecule has 0 saturated carbocycles. The largest absolute Gasteiger partial charge is 0.478 e. The van der Waals surface area contributed by atoms with Crippen LogP contribution >= 0.6 is 0 Å². The van der Waals surface area contributed by atoms with Gasteiger partial charge in [-0.2, -0.15) is 0 Å². The lowest BCUT2D eigenvalue weighted by atomic mass is 9.77. The fraction of sp³-hybridized carbons (Fsp3) is 0.500. The number of piperidine rings is 1. The number of carboxylic acid groups (broad SMARTS) is 1.